The molecule has 0 spiro atoms. The lowest BCUT2D eigenvalue weighted by Crippen LogP contribution is -2.23. The van der Waals surface area contributed by atoms with Crippen molar-refractivity contribution in [3.8, 4) is 0 Å². The molecule has 0 aliphatic rings. The summed E-state index contributed by atoms with van der Waals surface area (Å²) in [6.45, 7) is 0.570. The first-order valence-electron chi connectivity index (χ1n) is 6.17. The van der Waals surface area contributed by atoms with E-state index >= 15 is 0 Å². The summed E-state index contributed by atoms with van der Waals surface area (Å²) in [7, 11) is 3.50. The molecule has 0 bridgehead atoms. The second kappa shape index (κ2) is 6.41. The molecule has 1 amide bonds. The topological polar surface area (TPSA) is 45.2 Å². The number of fused-ring (bicyclic) bond motifs is 1. The predicted molar refractivity (Wildman–Crippen MR) is 86.3 cm³/mol. The number of pyridine rings is 1. The van der Waals surface area contributed by atoms with Gasteiger partial charge in [-0.15, -0.1) is 0 Å². The predicted octanol–water partition coefficient (Wildman–Crippen LogP) is 3.54. The van der Waals surface area contributed by atoms with Gasteiger partial charge < -0.3 is 10.2 Å². The lowest BCUT2D eigenvalue weighted by molar-refractivity contribution is -0.128. The molecule has 1 N–H and O–H groups in total. The number of benzene rings is 1. The maximum absolute atomic E-state index is 11.5. The standard InChI is InChI=1S/C14H15BrClN3O/c1-19(2)13(20)4-6-17-12-3-5-18-14-10(12)7-9(15)8-11(14)16/h3,5,7-8H,4,6H2,1-2H3,(H,17,18). The lowest BCUT2D eigenvalue weighted by atomic mass is 10.2. The second-order valence-corrected chi connectivity index (χ2v) is 5.93. The van der Waals surface area contributed by atoms with Gasteiger partial charge in [-0.25, -0.2) is 0 Å². The van der Waals surface area contributed by atoms with Gasteiger partial charge >= 0.3 is 0 Å². The van der Waals surface area contributed by atoms with Gasteiger partial charge in [0.1, 0.15) is 0 Å². The number of rotatable bonds is 4. The van der Waals surface area contributed by atoms with Crippen LogP contribution in [0.4, 0.5) is 5.69 Å². The Morgan fingerprint density at radius 3 is 2.90 bits per heavy atom. The van der Waals surface area contributed by atoms with Crippen molar-refractivity contribution in [3.63, 3.8) is 0 Å². The van der Waals surface area contributed by atoms with Crippen molar-refractivity contribution in [2.45, 2.75) is 6.42 Å². The largest absolute Gasteiger partial charge is 0.384 e. The summed E-state index contributed by atoms with van der Waals surface area (Å²) in [4.78, 5) is 17.4. The van der Waals surface area contributed by atoms with E-state index in [-0.39, 0.29) is 5.91 Å². The van der Waals surface area contributed by atoms with Crippen molar-refractivity contribution in [1.82, 2.24) is 9.88 Å². The van der Waals surface area contributed by atoms with Crippen LogP contribution in [0.2, 0.25) is 5.02 Å². The Balaban J connectivity index is 2.20. The van der Waals surface area contributed by atoms with Crippen LogP contribution in [0.15, 0.2) is 28.9 Å². The normalized spacial score (nSPS) is 10.6. The molecular weight excluding hydrogens is 342 g/mol. The highest BCUT2D eigenvalue weighted by atomic mass is 79.9. The fourth-order valence-corrected chi connectivity index (χ4v) is 2.72. The molecular formula is C14H15BrClN3O. The molecule has 0 aliphatic carbocycles. The Labute approximate surface area is 131 Å². The third-order valence-corrected chi connectivity index (χ3v) is 3.66. The van der Waals surface area contributed by atoms with Gasteiger partial charge in [-0.1, -0.05) is 27.5 Å². The average Bonchev–Trinajstić information content (AvgIpc) is 2.39. The molecule has 1 heterocycles. The average molecular weight is 357 g/mol. The molecule has 0 saturated carbocycles. The van der Waals surface area contributed by atoms with Crippen molar-refractivity contribution < 1.29 is 4.79 Å². The number of amides is 1. The molecule has 0 aliphatic heterocycles. The Morgan fingerprint density at radius 1 is 1.45 bits per heavy atom. The number of carbonyl (C=O) groups is 1. The van der Waals surface area contributed by atoms with Gasteiger partial charge in [-0.2, -0.15) is 0 Å². The maximum Gasteiger partial charge on any atom is 0.223 e. The molecule has 0 unspecified atom stereocenters. The van der Waals surface area contributed by atoms with Crippen molar-refractivity contribution in [2.24, 2.45) is 0 Å². The van der Waals surface area contributed by atoms with Gasteiger partial charge in [0.2, 0.25) is 5.91 Å². The number of carbonyl (C=O) groups excluding carboxylic acids is 1. The van der Waals surface area contributed by atoms with Crippen LogP contribution in [0.3, 0.4) is 0 Å². The highest BCUT2D eigenvalue weighted by molar-refractivity contribution is 9.10. The van der Waals surface area contributed by atoms with Crippen molar-refractivity contribution in [2.75, 3.05) is 26.0 Å². The van der Waals surface area contributed by atoms with E-state index < -0.39 is 0 Å². The molecule has 4 nitrogen and oxygen atoms in total. The van der Waals surface area contributed by atoms with Crippen molar-refractivity contribution >= 4 is 50.0 Å². The fraction of sp³-hybridized carbons (Fsp3) is 0.286. The van der Waals surface area contributed by atoms with Gasteiger partial charge in [0.25, 0.3) is 0 Å². The third-order valence-electron chi connectivity index (χ3n) is 2.92. The SMILES string of the molecule is CN(C)C(=O)CCNc1ccnc2c(Cl)cc(Br)cc12. The van der Waals surface area contributed by atoms with E-state index in [0.29, 0.717) is 18.0 Å². The zero-order valence-electron chi connectivity index (χ0n) is 11.3. The zero-order chi connectivity index (χ0) is 14.7. The van der Waals surface area contributed by atoms with E-state index in [0.717, 1.165) is 21.1 Å². The summed E-state index contributed by atoms with van der Waals surface area (Å²) in [5.74, 6) is 0.0927. The summed E-state index contributed by atoms with van der Waals surface area (Å²) >= 11 is 9.61. The van der Waals surface area contributed by atoms with Gasteiger partial charge in [-0.3, -0.25) is 9.78 Å². The minimum atomic E-state index is 0.0927. The van der Waals surface area contributed by atoms with Crippen LogP contribution in [-0.2, 0) is 4.79 Å². The Morgan fingerprint density at radius 2 is 2.20 bits per heavy atom. The summed E-state index contributed by atoms with van der Waals surface area (Å²) in [6.07, 6.45) is 2.15. The monoisotopic (exact) mass is 355 g/mol. The fourth-order valence-electron chi connectivity index (χ4n) is 1.86. The molecule has 0 atom stereocenters. The van der Waals surface area contributed by atoms with E-state index in [9.17, 15) is 4.79 Å². The lowest BCUT2D eigenvalue weighted by Gasteiger charge is -2.13. The summed E-state index contributed by atoms with van der Waals surface area (Å²) in [5, 5.41) is 4.79. The van der Waals surface area contributed by atoms with Crippen molar-refractivity contribution in [3.05, 3.63) is 33.9 Å². The number of nitrogens with zero attached hydrogens (tertiary/aromatic N) is 2. The number of halogens is 2. The summed E-state index contributed by atoms with van der Waals surface area (Å²) < 4.78 is 0.899. The number of aromatic nitrogens is 1. The number of hydrogen-bond donors (Lipinski definition) is 1. The Bertz CT molecular complexity index is 646. The van der Waals surface area contributed by atoms with Gasteiger partial charge in [0.15, 0.2) is 0 Å². The number of hydrogen-bond acceptors (Lipinski definition) is 3. The van der Waals surface area contributed by atoms with E-state index in [1.54, 1.807) is 25.2 Å². The molecule has 6 heteroatoms. The van der Waals surface area contributed by atoms with E-state index in [1.165, 1.54) is 0 Å². The highest BCUT2D eigenvalue weighted by Gasteiger charge is 2.08. The van der Waals surface area contributed by atoms with Crippen LogP contribution in [0.5, 0.6) is 0 Å². The number of nitrogens with one attached hydrogen (secondary N) is 1. The van der Waals surface area contributed by atoms with Crippen LogP contribution in [0, 0.1) is 0 Å². The molecule has 2 rings (SSSR count). The minimum Gasteiger partial charge on any atom is -0.384 e. The molecule has 0 saturated heterocycles. The molecule has 20 heavy (non-hydrogen) atoms. The van der Waals surface area contributed by atoms with Crippen LogP contribution >= 0.6 is 27.5 Å². The Hall–Kier alpha value is -1.33. The van der Waals surface area contributed by atoms with Crippen LogP contribution in [0.1, 0.15) is 6.42 Å². The first kappa shape index (κ1) is 15.1. The van der Waals surface area contributed by atoms with Crippen LogP contribution in [0.25, 0.3) is 10.9 Å². The van der Waals surface area contributed by atoms with Crippen LogP contribution in [-0.4, -0.2) is 36.4 Å². The van der Waals surface area contributed by atoms with Crippen LogP contribution < -0.4 is 5.32 Å². The van der Waals surface area contributed by atoms with Gasteiger partial charge in [-0.05, 0) is 18.2 Å². The van der Waals surface area contributed by atoms with Gasteiger partial charge in [0.05, 0.1) is 10.5 Å². The zero-order valence-corrected chi connectivity index (χ0v) is 13.6. The summed E-state index contributed by atoms with van der Waals surface area (Å²) in [5.41, 5.74) is 1.67. The van der Waals surface area contributed by atoms with E-state index in [2.05, 4.69) is 26.2 Å². The quantitative estimate of drug-likeness (QED) is 0.911. The van der Waals surface area contributed by atoms with Gasteiger partial charge in [0, 0.05) is 48.8 Å². The molecule has 1 aromatic heterocycles. The van der Waals surface area contributed by atoms with E-state index in [1.807, 2.05) is 18.2 Å². The molecule has 1 aromatic carbocycles. The molecule has 0 radical (unpaired) electrons. The second-order valence-electron chi connectivity index (χ2n) is 4.61. The highest BCUT2D eigenvalue weighted by Crippen LogP contribution is 2.30. The molecule has 2 aromatic rings. The summed E-state index contributed by atoms with van der Waals surface area (Å²) in [6, 6.07) is 5.66. The Kier molecular flexibility index (Phi) is 4.83. The number of anilines is 1. The molecule has 106 valence electrons. The third kappa shape index (κ3) is 3.41. The first-order valence-corrected chi connectivity index (χ1v) is 7.34. The first-order chi connectivity index (χ1) is 9.49. The van der Waals surface area contributed by atoms with E-state index in [4.69, 9.17) is 11.6 Å². The molecule has 0 fully saturated rings. The van der Waals surface area contributed by atoms with Crippen molar-refractivity contribution in [1.29, 1.82) is 0 Å². The minimum absolute atomic E-state index is 0.0927. The smallest absolute Gasteiger partial charge is 0.223 e. The maximum atomic E-state index is 11.5.